The molecule has 2 aromatic carbocycles. The molecule has 0 aliphatic carbocycles. The molecule has 5 heterocycles. The number of thiazole rings is 1. The van der Waals surface area contributed by atoms with E-state index in [0.29, 0.717) is 72.3 Å². The van der Waals surface area contributed by atoms with Crippen LogP contribution in [0, 0.1) is 0 Å². The third-order valence-electron chi connectivity index (χ3n) is 9.13. The van der Waals surface area contributed by atoms with E-state index < -0.39 is 0 Å². The maximum Gasteiger partial charge on any atom is 0.314 e. The quantitative estimate of drug-likeness (QED) is 0.127. The summed E-state index contributed by atoms with van der Waals surface area (Å²) in [4.78, 5) is 41.3. The van der Waals surface area contributed by atoms with E-state index in [4.69, 9.17) is 43.6 Å². The van der Waals surface area contributed by atoms with E-state index in [1.807, 2.05) is 54.6 Å². The number of rotatable bonds is 11. The van der Waals surface area contributed by atoms with Crippen LogP contribution in [0.15, 0.2) is 60.8 Å². The van der Waals surface area contributed by atoms with Crippen LogP contribution in [0.4, 0.5) is 16.3 Å². The maximum absolute atomic E-state index is 11.5. The van der Waals surface area contributed by atoms with Crippen molar-refractivity contribution in [2.45, 2.75) is 32.0 Å². The van der Waals surface area contributed by atoms with Gasteiger partial charge in [-0.05, 0) is 24.6 Å². The second kappa shape index (κ2) is 15.4. The van der Waals surface area contributed by atoms with E-state index in [9.17, 15) is 9.59 Å². The second-order valence-electron chi connectivity index (χ2n) is 12.5. The van der Waals surface area contributed by atoms with Gasteiger partial charge in [0.2, 0.25) is 11.8 Å². The highest BCUT2D eigenvalue weighted by molar-refractivity contribution is 7.18. The summed E-state index contributed by atoms with van der Waals surface area (Å²) in [7, 11) is 1.60. The van der Waals surface area contributed by atoms with Gasteiger partial charge in [0.25, 0.3) is 0 Å². The number of aromatic nitrogens is 3. The number of carbonyl (C=O) groups is 2. The van der Waals surface area contributed by atoms with Crippen LogP contribution in [0.1, 0.15) is 23.4 Å². The molecular weight excluding hydrogens is 709 g/mol. The van der Waals surface area contributed by atoms with E-state index in [0.717, 1.165) is 57.0 Å². The number of piperazine rings is 1. The number of primary amides is 1. The zero-order chi connectivity index (χ0) is 35.5. The van der Waals surface area contributed by atoms with Crippen LogP contribution < -0.4 is 26.4 Å². The summed E-state index contributed by atoms with van der Waals surface area (Å²) in [6, 6.07) is 17.2. The highest BCUT2D eigenvalue weighted by Gasteiger charge is 2.23. The zero-order valence-corrected chi connectivity index (χ0v) is 30.2. The maximum atomic E-state index is 11.5. The highest BCUT2D eigenvalue weighted by Crippen LogP contribution is 2.42. The Morgan fingerprint density at radius 3 is 2.53 bits per heavy atom. The number of nitrogens with one attached hydrogen (secondary N) is 3. The Kier molecular flexibility index (Phi) is 10.5. The molecule has 2 aliphatic heterocycles. The fourth-order valence-electron chi connectivity index (χ4n) is 6.42. The van der Waals surface area contributed by atoms with Crippen LogP contribution >= 0.6 is 34.5 Å². The molecule has 3 amide bonds. The molecular formula is C36H37Cl2N9O3S. The number of amides is 3. The van der Waals surface area contributed by atoms with E-state index in [2.05, 4.69) is 25.8 Å². The zero-order valence-electron chi connectivity index (χ0n) is 27.9. The normalized spacial score (nSPS) is 16.4. The smallest absolute Gasteiger partial charge is 0.314 e. The van der Waals surface area contributed by atoms with Crippen LogP contribution in [0.25, 0.3) is 32.6 Å². The van der Waals surface area contributed by atoms with Gasteiger partial charge in [-0.25, -0.2) is 19.7 Å². The van der Waals surface area contributed by atoms with Gasteiger partial charge in [-0.3, -0.25) is 9.69 Å². The fraction of sp³-hybridized carbons (Fsp3) is 0.306. The summed E-state index contributed by atoms with van der Waals surface area (Å²) in [6.45, 7) is 4.59. The van der Waals surface area contributed by atoms with Crippen molar-refractivity contribution < 1.29 is 14.3 Å². The van der Waals surface area contributed by atoms with Crippen molar-refractivity contribution in [1.29, 1.82) is 0 Å². The van der Waals surface area contributed by atoms with Gasteiger partial charge in [0.1, 0.15) is 10.5 Å². The van der Waals surface area contributed by atoms with Gasteiger partial charge in [-0.1, -0.05) is 59.6 Å². The van der Waals surface area contributed by atoms with Gasteiger partial charge in [-0.15, -0.1) is 11.3 Å². The average Bonchev–Trinajstić information content (AvgIpc) is 3.75. The predicted molar refractivity (Wildman–Crippen MR) is 202 cm³/mol. The lowest BCUT2D eigenvalue weighted by molar-refractivity contribution is -0.119. The molecule has 51 heavy (non-hydrogen) atoms. The van der Waals surface area contributed by atoms with Gasteiger partial charge >= 0.3 is 6.03 Å². The van der Waals surface area contributed by atoms with Crippen molar-refractivity contribution in [3.8, 4) is 28.3 Å². The summed E-state index contributed by atoms with van der Waals surface area (Å²) in [5.41, 5.74) is 10.7. The molecule has 1 atom stereocenters. The summed E-state index contributed by atoms with van der Waals surface area (Å²) in [5, 5.41) is 11.7. The molecule has 5 N–H and O–H groups in total. The minimum Gasteiger partial charge on any atom is -0.481 e. The minimum absolute atomic E-state index is 0.0969. The molecule has 12 nitrogen and oxygen atoms in total. The molecule has 5 aromatic rings. The Hall–Kier alpha value is -4.53. The molecule has 2 fully saturated rings. The first-order chi connectivity index (χ1) is 24.8. The molecule has 0 bridgehead atoms. The Morgan fingerprint density at radius 2 is 1.78 bits per heavy atom. The Balaban J connectivity index is 1.09. The summed E-state index contributed by atoms with van der Waals surface area (Å²) in [5.74, 6) is 1.20. The van der Waals surface area contributed by atoms with E-state index in [1.165, 1.54) is 0 Å². The first kappa shape index (κ1) is 34.9. The number of urea groups is 1. The molecule has 2 aliphatic rings. The third-order valence-corrected chi connectivity index (χ3v) is 11.0. The largest absolute Gasteiger partial charge is 0.481 e. The molecule has 0 radical (unpaired) electrons. The lowest BCUT2D eigenvalue weighted by atomic mass is 10.00. The molecule has 7 rings (SSSR count). The molecule has 15 heteroatoms. The van der Waals surface area contributed by atoms with E-state index >= 15 is 0 Å². The lowest BCUT2D eigenvalue weighted by Gasteiger charge is -2.33. The van der Waals surface area contributed by atoms with Crippen LogP contribution in [0.2, 0.25) is 10.0 Å². The number of halogens is 2. The van der Waals surface area contributed by atoms with Crippen molar-refractivity contribution in [2.75, 3.05) is 45.2 Å². The van der Waals surface area contributed by atoms with E-state index in [1.54, 1.807) is 29.5 Å². The highest BCUT2D eigenvalue weighted by atomic mass is 35.5. The molecule has 0 spiro atoms. The second-order valence-corrected chi connectivity index (χ2v) is 14.3. The summed E-state index contributed by atoms with van der Waals surface area (Å²) >= 11 is 15.8. The third kappa shape index (κ3) is 7.72. The first-order valence-electron chi connectivity index (χ1n) is 16.7. The number of hydrogen-bond donors (Lipinski definition) is 4. The predicted octanol–water partition coefficient (Wildman–Crippen LogP) is 6.04. The first-order valence-corrected chi connectivity index (χ1v) is 18.2. The average molecular weight is 747 g/mol. The topological polar surface area (TPSA) is 151 Å². The number of nitrogens with two attached hydrogens (primary N) is 1. The van der Waals surface area contributed by atoms with Gasteiger partial charge < -0.3 is 31.3 Å². The monoisotopic (exact) mass is 745 g/mol. The van der Waals surface area contributed by atoms with Crippen molar-refractivity contribution in [1.82, 2.24) is 35.4 Å². The number of hydrogen-bond acceptors (Lipinski definition) is 10. The summed E-state index contributed by atoms with van der Waals surface area (Å²) in [6.07, 6.45) is 3.16. The lowest BCUT2D eigenvalue weighted by Crippen LogP contribution is -2.50. The van der Waals surface area contributed by atoms with Gasteiger partial charge in [0.15, 0.2) is 5.82 Å². The van der Waals surface area contributed by atoms with Crippen LogP contribution in [-0.4, -0.2) is 82.6 Å². The van der Waals surface area contributed by atoms with Crippen molar-refractivity contribution in [3.63, 3.8) is 0 Å². The Morgan fingerprint density at radius 1 is 1.02 bits per heavy atom. The molecule has 2 saturated heterocycles. The number of carbonyl (C=O) groups excluding carboxylic acids is 2. The van der Waals surface area contributed by atoms with Crippen molar-refractivity contribution in [2.24, 2.45) is 5.73 Å². The van der Waals surface area contributed by atoms with Crippen LogP contribution in [0.3, 0.4) is 0 Å². The number of methoxy groups -OCH3 is 1. The van der Waals surface area contributed by atoms with Gasteiger partial charge in [-0.2, -0.15) is 0 Å². The van der Waals surface area contributed by atoms with Gasteiger partial charge in [0.05, 0.1) is 39.8 Å². The number of fused-ring (bicyclic) bond motifs is 1. The number of ether oxygens (including phenoxy) is 1. The fourth-order valence-corrected chi connectivity index (χ4v) is 8.03. The van der Waals surface area contributed by atoms with Crippen molar-refractivity contribution in [3.05, 3.63) is 81.4 Å². The SMILES string of the molecule is COc1nc(-c2cccc(-c3cccc(Nc4nccc5sc(CN6CCN(C(N)=O)CC6)nc45)c3Cl)c2Cl)ccc1CNC[C@H]1CCC(=O)N1. The van der Waals surface area contributed by atoms with Gasteiger partial charge in [0, 0.05) is 80.2 Å². The molecule has 0 saturated carbocycles. The van der Waals surface area contributed by atoms with E-state index in [-0.39, 0.29) is 18.0 Å². The number of anilines is 2. The number of benzene rings is 2. The minimum atomic E-state index is -0.379. The molecule has 264 valence electrons. The van der Waals surface area contributed by atoms with Crippen molar-refractivity contribution >= 4 is 68.2 Å². The molecule has 3 aromatic heterocycles. The Labute approximate surface area is 309 Å². The van der Waals surface area contributed by atoms with Crippen LogP contribution in [0.5, 0.6) is 5.88 Å². The standard InChI is InChI=1S/C36H37Cl2N9O3S/c1-50-35-21(18-40-19-22-9-11-29(48)42-22)8-10-26(44-35)25-6-2-4-23(31(25)37)24-5-3-7-27(32(24)38)43-34-33-28(12-13-41-34)51-30(45-33)20-46-14-16-47(17-15-46)36(39)49/h2-8,10,12-13,22,40H,9,11,14-20H2,1H3,(H2,39,49)(H,41,43)(H,42,48)/t22-/m1/s1. The number of pyridine rings is 2. The molecule has 0 unspecified atom stereocenters. The van der Waals surface area contributed by atoms with Crippen LogP contribution in [-0.2, 0) is 17.9 Å². The Bertz CT molecular complexity index is 2090. The summed E-state index contributed by atoms with van der Waals surface area (Å²) < 4.78 is 6.66. The number of nitrogens with zero attached hydrogens (tertiary/aromatic N) is 5.